The molecule has 2 rings (SSSR count). The molecule has 1 fully saturated rings. The maximum absolute atomic E-state index is 12.3. The van der Waals surface area contributed by atoms with E-state index in [0.29, 0.717) is 10.9 Å². The monoisotopic (exact) mass is 293 g/mol. The highest BCUT2D eigenvalue weighted by Gasteiger charge is 2.23. The van der Waals surface area contributed by atoms with E-state index in [1.807, 2.05) is 23.9 Å². The van der Waals surface area contributed by atoms with Crippen LogP contribution in [0.4, 0.5) is 11.4 Å². The van der Waals surface area contributed by atoms with Crippen LogP contribution in [0.25, 0.3) is 0 Å². The van der Waals surface area contributed by atoms with Gasteiger partial charge in [-0.05, 0) is 24.6 Å². The van der Waals surface area contributed by atoms with Crippen LogP contribution < -0.4 is 10.6 Å². The highest BCUT2D eigenvalue weighted by molar-refractivity contribution is 8.00. The number of nitrogen functional groups attached to an aromatic ring is 1. The smallest absolute Gasteiger partial charge is 0.255 e. The van der Waals surface area contributed by atoms with Crippen molar-refractivity contribution in [3.63, 3.8) is 0 Å². The molecule has 20 heavy (non-hydrogen) atoms. The van der Waals surface area contributed by atoms with Crippen LogP contribution in [0.15, 0.2) is 18.2 Å². The molecule has 0 spiro atoms. The Kier molecular flexibility index (Phi) is 4.81. The van der Waals surface area contributed by atoms with Crippen LogP contribution >= 0.6 is 11.8 Å². The van der Waals surface area contributed by atoms with Crippen molar-refractivity contribution in [3.05, 3.63) is 23.8 Å². The van der Waals surface area contributed by atoms with Gasteiger partial charge in [-0.3, -0.25) is 4.79 Å². The lowest BCUT2D eigenvalue weighted by atomic mass is 10.1. The fourth-order valence-electron chi connectivity index (χ4n) is 2.42. The molecule has 0 bridgehead atoms. The first kappa shape index (κ1) is 15.0. The molecule has 1 amide bonds. The van der Waals surface area contributed by atoms with Gasteiger partial charge in [0.15, 0.2) is 0 Å². The van der Waals surface area contributed by atoms with Gasteiger partial charge < -0.3 is 15.5 Å². The van der Waals surface area contributed by atoms with Crippen molar-refractivity contribution in [1.82, 2.24) is 4.90 Å². The third-order valence-electron chi connectivity index (χ3n) is 3.59. The van der Waals surface area contributed by atoms with Crippen LogP contribution in [0.2, 0.25) is 0 Å². The molecule has 0 aromatic heterocycles. The van der Waals surface area contributed by atoms with Crippen molar-refractivity contribution in [2.45, 2.75) is 18.6 Å². The zero-order valence-electron chi connectivity index (χ0n) is 12.4. The van der Waals surface area contributed by atoms with E-state index >= 15 is 0 Å². The second-order valence-electron chi connectivity index (χ2n) is 5.32. The standard InChI is InChI=1S/C15H23N3OS/c1-4-12-10-18(7-8-20-12)14-9-11(16)5-6-13(14)15(19)17(2)3/h5-6,9,12H,4,7-8,10,16H2,1-3H3. The molecule has 1 aliphatic rings. The van der Waals surface area contributed by atoms with Crippen LogP contribution in [0.5, 0.6) is 0 Å². The molecule has 1 heterocycles. The lowest BCUT2D eigenvalue weighted by molar-refractivity contribution is 0.0828. The fraction of sp³-hybridized carbons (Fsp3) is 0.533. The number of hydrogen-bond donors (Lipinski definition) is 1. The topological polar surface area (TPSA) is 49.6 Å². The summed E-state index contributed by atoms with van der Waals surface area (Å²) in [4.78, 5) is 16.2. The lowest BCUT2D eigenvalue weighted by Gasteiger charge is -2.35. The molecule has 4 nitrogen and oxygen atoms in total. The van der Waals surface area contributed by atoms with Gasteiger partial charge in [-0.1, -0.05) is 6.92 Å². The number of rotatable bonds is 3. The molecule has 0 aliphatic carbocycles. The average molecular weight is 293 g/mol. The van der Waals surface area contributed by atoms with Gasteiger partial charge in [-0.15, -0.1) is 0 Å². The summed E-state index contributed by atoms with van der Waals surface area (Å²) in [6, 6.07) is 5.57. The molecule has 5 heteroatoms. The Labute approximate surface area is 125 Å². The van der Waals surface area contributed by atoms with E-state index in [1.54, 1.807) is 25.1 Å². The third-order valence-corrected chi connectivity index (χ3v) is 4.97. The van der Waals surface area contributed by atoms with Gasteiger partial charge in [0.2, 0.25) is 0 Å². The molecule has 1 unspecified atom stereocenters. The zero-order valence-corrected chi connectivity index (χ0v) is 13.2. The Bertz CT molecular complexity index is 490. The fourth-order valence-corrected chi connectivity index (χ4v) is 3.60. The Balaban J connectivity index is 2.34. The quantitative estimate of drug-likeness (QED) is 0.869. The van der Waals surface area contributed by atoms with Crippen molar-refractivity contribution in [2.24, 2.45) is 0 Å². The number of anilines is 2. The minimum absolute atomic E-state index is 0.0336. The van der Waals surface area contributed by atoms with Crippen LogP contribution in [-0.4, -0.2) is 49.0 Å². The summed E-state index contributed by atoms with van der Waals surface area (Å²) in [5.74, 6) is 1.13. The maximum atomic E-state index is 12.3. The number of nitrogens with two attached hydrogens (primary N) is 1. The van der Waals surface area contributed by atoms with E-state index in [1.165, 1.54) is 0 Å². The maximum Gasteiger partial charge on any atom is 0.255 e. The van der Waals surface area contributed by atoms with E-state index in [2.05, 4.69) is 11.8 Å². The van der Waals surface area contributed by atoms with E-state index < -0.39 is 0 Å². The molecule has 2 N–H and O–H groups in total. The molecule has 1 saturated heterocycles. The van der Waals surface area contributed by atoms with Gasteiger partial charge in [0.05, 0.1) is 11.3 Å². The van der Waals surface area contributed by atoms with Gasteiger partial charge in [-0.25, -0.2) is 0 Å². The van der Waals surface area contributed by atoms with Crippen LogP contribution in [0, 0.1) is 0 Å². The number of hydrogen-bond acceptors (Lipinski definition) is 4. The van der Waals surface area contributed by atoms with Gasteiger partial charge in [0.25, 0.3) is 5.91 Å². The summed E-state index contributed by atoms with van der Waals surface area (Å²) in [7, 11) is 3.56. The molecule has 1 aliphatic heterocycles. The predicted molar refractivity (Wildman–Crippen MR) is 87.6 cm³/mol. The van der Waals surface area contributed by atoms with Gasteiger partial charge in [0, 0.05) is 43.9 Å². The number of carbonyl (C=O) groups excluding carboxylic acids is 1. The van der Waals surface area contributed by atoms with Crippen molar-refractivity contribution in [1.29, 1.82) is 0 Å². The van der Waals surface area contributed by atoms with Crippen molar-refractivity contribution in [2.75, 3.05) is 43.6 Å². The number of carbonyl (C=O) groups is 1. The second-order valence-corrected chi connectivity index (χ2v) is 6.73. The molecule has 0 saturated carbocycles. The van der Waals surface area contributed by atoms with E-state index in [9.17, 15) is 4.79 Å². The Morgan fingerprint density at radius 2 is 2.25 bits per heavy atom. The largest absolute Gasteiger partial charge is 0.399 e. The Morgan fingerprint density at radius 1 is 1.50 bits per heavy atom. The summed E-state index contributed by atoms with van der Waals surface area (Å²) < 4.78 is 0. The summed E-state index contributed by atoms with van der Waals surface area (Å²) in [5.41, 5.74) is 8.35. The molecule has 1 atom stereocenters. The molecule has 1 aromatic carbocycles. The lowest BCUT2D eigenvalue weighted by Crippen LogP contribution is -2.39. The zero-order chi connectivity index (χ0) is 14.7. The summed E-state index contributed by atoms with van der Waals surface area (Å²) in [6.45, 7) is 4.17. The minimum atomic E-state index is 0.0336. The number of amides is 1. The molecular formula is C15H23N3OS. The normalized spacial score (nSPS) is 18.9. The first-order valence-electron chi connectivity index (χ1n) is 7.00. The van der Waals surface area contributed by atoms with Crippen molar-refractivity contribution in [3.8, 4) is 0 Å². The predicted octanol–water partition coefficient (Wildman–Crippen LogP) is 2.30. The average Bonchev–Trinajstić information content (AvgIpc) is 2.46. The summed E-state index contributed by atoms with van der Waals surface area (Å²) in [6.07, 6.45) is 1.15. The first-order chi connectivity index (χ1) is 9.52. The Hall–Kier alpha value is -1.36. The summed E-state index contributed by atoms with van der Waals surface area (Å²) in [5, 5.41) is 0.632. The number of thioether (sulfide) groups is 1. The summed E-state index contributed by atoms with van der Waals surface area (Å²) >= 11 is 2.02. The van der Waals surface area contributed by atoms with Crippen LogP contribution in [0.1, 0.15) is 23.7 Å². The van der Waals surface area contributed by atoms with Crippen LogP contribution in [-0.2, 0) is 0 Å². The van der Waals surface area contributed by atoms with Crippen molar-refractivity contribution >= 4 is 29.0 Å². The number of benzene rings is 1. The van der Waals surface area contributed by atoms with Gasteiger partial charge in [-0.2, -0.15) is 11.8 Å². The first-order valence-corrected chi connectivity index (χ1v) is 8.05. The molecule has 0 radical (unpaired) electrons. The minimum Gasteiger partial charge on any atom is -0.399 e. The molecular weight excluding hydrogens is 270 g/mol. The SMILES string of the molecule is CCC1CN(c2cc(N)ccc2C(=O)N(C)C)CCS1. The number of nitrogens with zero attached hydrogens (tertiary/aromatic N) is 2. The third kappa shape index (κ3) is 3.20. The van der Waals surface area contributed by atoms with Gasteiger partial charge >= 0.3 is 0 Å². The van der Waals surface area contributed by atoms with E-state index in [0.717, 1.165) is 36.5 Å². The van der Waals surface area contributed by atoms with Crippen molar-refractivity contribution < 1.29 is 4.79 Å². The highest BCUT2D eigenvalue weighted by Crippen LogP contribution is 2.30. The van der Waals surface area contributed by atoms with E-state index in [4.69, 9.17) is 5.73 Å². The molecule has 110 valence electrons. The highest BCUT2D eigenvalue weighted by atomic mass is 32.2. The molecule has 1 aromatic rings. The van der Waals surface area contributed by atoms with E-state index in [-0.39, 0.29) is 5.91 Å². The Morgan fingerprint density at radius 3 is 2.90 bits per heavy atom. The van der Waals surface area contributed by atoms with Crippen LogP contribution in [0.3, 0.4) is 0 Å². The second kappa shape index (κ2) is 6.39. The van der Waals surface area contributed by atoms with Gasteiger partial charge in [0.1, 0.15) is 0 Å².